The van der Waals surface area contributed by atoms with Crippen molar-refractivity contribution in [2.75, 3.05) is 7.05 Å². The fourth-order valence-electron chi connectivity index (χ4n) is 0.532. The lowest BCUT2D eigenvalue weighted by Crippen LogP contribution is -2.05. The smallest absolute Gasteiger partial charge is 0.310 e. The second kappa shape index (κ2) is 5.41. The summed E-state index contributed by atoms with van der Waals surface area (Å²) in [7, 11) is 1.82. The number of carboxylic acids is 1. The minimum absolute atomic E-state index is 0.425. The molecule has 1 atom stereocenters. The molecule has 12 heavy (non-hydrogen) atoms. The van der Waals surface area contributed by atoms with Gasteiger partial charge in [-0.2, -0.15) is 0 Å². The first-order valence-electron chi connectivity index (χ1n) is 3.83. The van der Waals surface area contributed by atoms with E-state index in [1.54, 1.807) is 19.1 Å². The summed E-state index contributed by atoms with van der Waals surface area (Å²) in [5, 5.41) is 11.4. The predicted molar refractivity (Wildman–Crippen MR) is 48.8 cm³/mol. The number of aliphatic carboxylic acids is 1. The molecule has 1 unspecified atom stereocenters. The molecule has 3 heteroatoms. The van der Waals surface area contributed by atoms with E-state index < -0.39 is 11.9 Å². The highest BCUT2D eigenvalue weighted by Crippen LogP contribution is 1.97. The molecule has 0 saturated carbocycles. The number of hydrogen-bond acceptors (Lipinski definition) is 2. The first-order valence-corrected chi connectivity index (χ1v) is 3.83. The van der Waals surface area contributed by atoms with Gasteiger partial charge in [-0.05, 0) is 19.9 Å². The van der Waals surface area contributed by atoms with Gasteiger partial charge in [0.05, 0.1) is 5.92 Å². The Bertz CT molecular complexity index is 207. The first kappa shape index (κ1) is 10.8. The summed E-state index contributed by atoms with van der Waals surface area (Å²) in [6.45, 7) is 3.55. The molecule has 0 aliphatic heterocycles. The highest BCUT2D eigenvalue weighted by atomic mass is 16.4. The van der Waals surface area contributed by atoms with Gasteiger partial charge in [0.2, 0.25) is 0 Å². The van der Waals surface area contributed by atoms with E-state index in [4.69, 9.17) is 5.11 Å². The molecular weight excluding hydrogens is 154 g/mol. The molecule has 0 fully saturated rings. The molecule has 0 aromatic carbocycles. The number of allylic oxidation sites excluding steroid dienone is 3. The Hall–Kier alpha value is -1.25. The summed E-state index contributed by atoms with van der Waals surface area (Å²) in [4.78, 5) is 10.4. The van der Waals surface area contributed by atoms with Gasteiger partial charge in [-0.1, -0.05) is 12.2 Å². The molecule has 0 aliphatic carbocycles. The van der Waals surface area contributed by atoms with Gasteiger partial charge >= 0.3 is 5.97 Å². The quantitative estimate of drug-likeness (QED) is 0.625. The van der Waals surface area contributed by atoms with Crippen LogP contribution in [0.2, 0.25) is 0 Å². The van der Waals surface area contributed by atoms with Crippen LogP contribution in [-0.2, 0) is 4.79 Å². The Morgan fingerprint density at radius 2 is 2.17 bits per heavy atom. The largest absolute Gasteiger partial charge is 0.481 e. The maximum absolute atomic E-state index is 10.4. The van der Waals surface area contributed by atoms with Crippen molar-refractivity contribution in [2.45, 2.75) is 13.8 Å². The van der Waals surface area contributed by atoms with Crippen molar-refractivity contribution in [1.29, 1.82) is 0 Å². The number of hydrogen-bond donors (Lipinski definition) is 2. The Kier molecular flexibility index (Phi) is 4.84. The molecule has 0 heterocycles. The van der Waals surface area contributed by atoms with Crippen LogP contribution in [0.5, 0.6) is 0 Å². The van der Waals surface area contributed by atoms with Crippen LogP contribution >= 0.6 is 0 Å². The van der Waals surface area contributed by atoms with E-state index >= 15 is 0 Å². The zero-order valence-electron chi connectivity index (χ0n) is 7.66. The molecule has 0 rings (SSSR count). The average molecular weight is 169 g/mol. The molecule has 0 bridgehead atoms. The molecule has 3 nitrogen and oxygen atoms in total. The summed E-state index contributed by atoms with van der Waals surface area (Å²) in [5.74, 6) is -1.23. The van der Waals surface area contributed by atoms with E-state index in [1.807, 2.05) is 20.0 Å². The summed E-state index contributed by atoms with van der Waals surface area (Å²) in [6, 6.07) is 0. The van der Waals surface area contributed by atoms with E-state index in [1.165, 1.54) is 0 Å². The minimum atomic E-state index is -0.804. The van der Waals surface area contributed by atoms with Crippen molar-refractivity contribution in [2.24, 2.45) is 5.92 Å². The molecule has 0 aromatic rings. The Morgan fingerprint density at radius 3 is 2.58 bits per heavy atom. The number of rotatable bonds is 4. The van der Waals surface area contributed by atoms with Crippen LogP contribution in [0.15, 0.2) is 23.9 Å². The van der Waals surface area contributed by atoms with Gasteiger partial charge in [-0.15, -0.1) is 0 Å². The number of nitrogens with one attached hydrogen (secondary N) is 1. The Morgan fingerprint density at radius 1 is 1.58 bits per heavy atom. The van der Waals surface area contributed by atoms with Crippen molar-refractivity contribution in [3.8, 4) is 0 Å². The molecule has 0 saturated heterocycles. The fourth-order valence-corrected chi connectivity index (χ4v) is 0.532. The normalized spacial score (nSPS) is 14.8. The predicted octanol–water partition coefficient (Wildman–Crippen LogP) is 1.39. The maximum atomic E-state index is 10.4. The summed E-state index contributed by atoms with van der Waals surface area (Å²) in [5.41, 5.74) is 1.00. The highest BCUT2D eigenvalue weighted by molar-refractivity contribution is 5.71. The number of carbonyl (C=O) groups is 1. The van der Waals surface area contributed by atoms with Crippen molar-refractivity contribution in [3.63, 3.8) is 0 Å². The van der Waals surface area contributed by atoms with Crippen LogP contribution in [0, 0.1) is 5.92 Å². The molecule has 2 N–H and O–H groups in total. The van der Waals surface area contributed by atoms with Gasteiger partial charge in [0.1, 0.15) is 0 Å². The SMILES string of the molecule is CN/C(C)=C\C=C/C(C)C(=O)O. The first-order chi connectivity index (χ1) is 5.57. The molecule has 0 aromatic heterocycles. The zero-order valence-corrected chi connectivity index (χ0v) is 7.66. The standard InChI is InChI=1S/C9H15NO2/c1-7(9(11)12)5-4-6-8(2)10-3/h4-7,10H,1-3H3,(H,11,12)/b5-4-,8-6-. The summed E-state index contributed by atoms with van der Waals surface area (Å²) < 4.78 is 0. The molecule has 0 amide bonds. The lowest BCUT2D eigenvalue weighted by Gasteiger charge is -1.97. The Labute approximate surface area is 72.8 Å². The third-order valence-electron chi connectivity index (χ3n) is 1.53. The van der Waals surface area contributed by atoms with Crippen LogP contribution < -0.4 is 5.32 Å². The second-order valence-electron chi connectivity index (χ2n) is 2.61. The summed E-state index contributed by atoms with van der Waals surface area (Å²) in [6.07, 6.45) is 5.22. The summed E-state index contributed by atoms with van der Waals surface area (Å²) >= 11 is 0. The molecule has 0 radical (unpaired) electrons. The third kappa shape index (κ3) is 4.55. The molecule has 0 aliphatic rings. The van der Waals surface area contributed by atoms with Gasteiger partial charge in [0.15, 0.2) is 0 Å². The zero-order chi connectivity index (χ0) is 9.56. The minimum Gasteiger partial charge on any atom is -0.481 e. The van der Waals surface area contributed by atoms with Crippen molar-refractivity contribution in [1.82, 2.24) is 5.32 Å². The van der Waals surface area contributed by atoms with Crippen LogP contribution in [0.1, 0.15) is 13.8 Å². The topological polar surface area (TPSA) is 49.3 Å². The van der Waals surface area contributed by atoms with Gasteiger partial charge in [0, 0.05) is 12.7 Å². The van der Waals surface area contributed by atoms with E-state index in [0.717, 1.165) is 5.70 Å². The fraction of sp³-hybridized carbons (Fsp3) is 0.444. The van der Waals surface area contributed by atoms with E-state index in [0.29, 0.717) is 0 Å². The third-order valence-corrected chi connectivity index (χ3v) is 1.53. The molecular formula is C9H15NO2. The molecule has 68 valence electrons. The van der Waals surface area contributed by atoms with Gasteiger partial charge < -0.3 is 10.4 Å². The van der Waals surface area contributed by atoms with Crippen LogP contribution in [0.4, 0.5) is 0 Å². The van der Waals surface area contributed by atoms with Crippen LogP contribution in [0.25, 0.3) is 0 Å². The molecule has 0 spiro atoms. The van der Waals surface area contributed by atoms with Crippen molar-refractivity contribution in [3.05, 3.63) is 23.9 Å². The number of carboxylic acid groups (broad SMARTS) is 1. The maximum Gasteiger partial charge on any atom is 0.310 e. The Balaban J connectivity index is 3.99. The van der Waals surface area contributed by atoms with Gasteiger partial charge in [-0.25, -0.2) is 0 Å². The lowest BCUT2D eigenvalue weighted by molar-refractivity contribution is -0.139. The van der Waals surface area contributed by atoms with Gasteiger partial charge in [-0.3, -0.25) is 4.79 Å². The van der Waals surface area contributed by atoms with Crippen molar-refractivity contribution < 1.29 is 9.90 Å². The van der Waals surface area contributed by atoms with Crippen LogP contribution in [0.3, 0.4) is 0 Å². The van der Waals surface area contributed by atoms with Crippen molar-refractivity contribution >= 4 is 5.97 Å². The van der Waals surface area contributed by atoms with Crippen LogP contribution in [-0.4, -0.2) is 18.1 Å². The van der Waals surface area contributed by atoms with E-state index in [-0.39, 0.29) is 0 Å². The van der Waals surface area contributed by atoms with E-state index in [9.17, 15) is 4.79 Å². The lowest BCUT2D eigenvalue weighted by atomic mass is 10.1. The van der Waals surface area contributed by atoms with E-state index in [2.05, 4.69) is 5.32 Å². The highest BCUT2D eigenvalue weighted by Gasteiger charge is 2.03. The average Bonchev–Trinajstić information content (AvgIpc) is 2.03. The van der Waals surface area contributed by atoms with Gasteiger partial charge in [0.25, 0.3) is 0 Å². The monoisotopic (exact) mass is 169 g/mol. The second-order valence-corrected chi connectivity index (χ2v) is 2.61.